The largest absolute Gasteiger partial charge is 0.389 e. The van der Waals surface area contributed by atoms with Crippen LogP contribution in [0.3, 0.4) is 0 Å². The summed E-state index contributed by atoms with van der Waals surface area (Å²) in [4.78, 5) is 23.6. The van der Waals surface area contributed by atoms with E-state index in [1.165, 1.54) is 18.2 Å². The zero-order valence-electron chi connectivity index (χ0n) is 12.5. The molecule has 0 saturated carbocycles. The highest BCUT2D eigenvalue weighted by Gasteiger charge is 2.22. The van der Waals surface area contributed by atoms with Gasteiger partial charge in [-0.3, -0.25) is 19.8 Å². The number of carbonyl (C=O) groups is 1. The summed E-state index contributed by atoms with van der Waals surface area (Å²) < 4.78 is 0. The molecule has 0 unspecified atom stereocenters. The van der Waals surface area contributed by atoms with E-state index >= 15 is 0 Å². The van der Waals surface area contributed by atoms with Gasteiger partial charge in [-0.1, -0.05) is 13.0 Å². The van der Waals surface area contributed by atoms with Crippen LogP contribution >= 0.6 is 0 Å². The number of nitro benzene ring substituents is 1. The average molecular weight is 295 g/mol. The number of primary amides is 1. The number of nitro groups is 1. The lowest BCUT2D eigenvalue weighted by atomic mass is 10.1. The Balaban J connectivity index is 3.06. The second-order valence-electron chi connectivity index (χ2n) is 5.58. The van der Waals surface area contributed by atoms with Gasteiger partial charge in [0.15, 0.2) is 0 Å². The molecular formula is C14H21N3O4. The molecule has 1 aromatic carbocycles. The molecule has 7 nitrogen and oxygen atoms in total. The monoisotopic (exact) mass is 295 g/mol. The van der Waals surface area contributed by atoms with Crippen LogP contribution in [0.5, 0.6) is 0 Å². The van der Waals surface area contributed by atoms with E-state index in [-0.39, 0.29) is 11.3 Å². The molecule has 0 spiro atoms. The molecule has 0 aromatic heterocycles. The van der Waals surface area contributed by atoms with Gasteiger partial charge in [0.1, 0.15) is 0 Å². The molecule has 0 fully saturated rings. The highest BCUT2D eigenvalue weighted by molar-refractivity contribution is 5.93. The van der Waals surface area contributed by atoms with Crippen LogP contribution in [0.25, 0.3) is 0 Å². The van der Waals surface area contributed by atoms with Crippen molar-refractivity contribution in [2.24, 2.45) is 5.73 Å². The van der Waals surface area contributed by atoms with Gasteiger partial charge >= 0.3 is 0 Å². The number of likely N-dealkylation sites (N-methyl/N-ethyl adjacent to an activating group) is 1. The predicted molar refractivity (Wildman–Crippen MR) is 78.9 cm³/mol. The van der Waals surface area contributed by atoms with Crippen LogP contribution in [-0.2, 0) is 6.54 Å². The summed E-state index contributed by atoms with van der Waals surface area (Å²) >= 11 is 0. The van der Waals surface area contributed by atoms with Gasteiger partial charge in [0.25, 0.3) is 5.69 Å². The summed E-state index contributed by atoms with van der Waals surface area (Å²) in [6.07, 6.45) is 0. The summed E-state index contributed by atoms with van der Waals surface area (Å²) in [5.41, 5.74) is 4.70. The Morgan fingerprint density at radius 3 is 2.52 bits per heavy atom. The summed E-state index contributed by atoms with van der Waals surface area (Å²) in [5.74, 6) is -0.700. The van der Waals surface area contributed by atoms with Gasteiger partial charge in [0.2, 0.25) is 5.91 Å². The summed E-state index contributed by atoms with van der Waals surface area (Å²) in [5, 5.41) is 21.0. The minimum absolute atomic E-state index is 0.107. The Kier molecular flexibility index (Phi) is 5.40. The molecule has 116 valence electrons. The Hall–Kier alpha value is -1.99. The first-order valence-corrected chi connectivity index (χ1v) is 6.66. The lowest BCUT2D eigenvalue weighted by Gasteiger charge is -2.27. The molecule has 0 bridgehead atoms. The maximum Gasteiger partial charge on any atom is 0.274 e. The maximum absolute atomic E-state index is 11.1. The van der Waals surface area contributed by atoms with Crippen LogP contribution in [0, 0.1) is 10.1 Å². The highest BCUT2D eigenvalue weighted by atomic mass is 16.6. The van der Waals surface area contributed by atoms with Gasteiger partial charge in [-0.15, -0.1) is 0 Å². The fraction of sp³-hybridized carbons (Fsp3) is 0.500. The number of carbonyl (C=O) groups excluding carboxylic acids is 1. The first kappa shape index (κ1) is 17.1. The normalized spacial score (nSPS) is 11.7. The average Bonchev–Trinajstić information content (AvgIpc) is 2.36. The van der Waals surface area contributed by atoms with Crippen molar-refractivity contribution in [1.29, 1.82) is 0 Å². The molecule has 1 amide bonds. The van der Waals surface area contributed by atoms with Crippen LogP contribution in [0.4, 0.5) is 5.69 Å². The third-order valence-electron chi connectivity index (χ3n) is 3.02. The van der Waals surface area contributed by atoms with E-state index in [2.05, 4.69) is 0 Å². The number of nitrogens with two attached hydrogens (primary N) is 1. The van der Waals surface area contributed by atoms with E-state index in [0.717, 1.165) is 0 Å². The molecule has 0 aliphatic rings. The SMILES string of the molecule is CCN(Cc1ccc(C(N)=O)cc1[N+](=O)[O-])CC(C)(C)O. The molecule has 0 saturated heterocycles. The minimum atomic E-state index is -0.891. The van der Waals surface area contributed by atoms with Gasteiger partial charge in [0.05, 0.1) is 10.5 Å². The van der Waals surface area contributed by atoms with Crippen molar-refractivity contribution in [3.63, 3.8) is 0 Å². The molecule has 7 heteroatoms. The molecule has 0 heterocycles. The molecule has 1 rings (SSSR count). The van der Waals surface area contributed by atoms with Crippen molar-refractivity contribution in [2.45, 2.75) is 32.9 Å². The smallest absolute Gasteiger partial charge is 0.274 e. The number of hydrogen-bond donors (Lipinski definition) is 2. The Labute approximate surface area is 123 Å². The first-order valence-electron chi connectivity index (χ1n) is 6.66. The second kappa shape index (κ2) is 6.64. The molecular weight excluding hydrogens is 274 g/mol. The fourth-order valence-corrected chi connectivity index (χ4v) is 2.09. The van der Waals surface area contributed by atoms with Gasteiger partial charge in [-0.25, -0.2) is 0 Å². The van der Waals surface area contributed by atoms with Crippen LogP contribution in [0.15, 0.2) is 18.2 Å². The second-order valence-corrected chi connectivity index (χ2v) is 5.58. The van der Waals surface area contributed by atoms with Crippen molar-refractivity contribution in [3.05, 3.63) is 39.4 Å². The number of hydrogen-bond acceptors (Lipinski definition) is 5. The van der Waals surface area contributed by atoms with Crippen LogP contribution < -0.4 is 5.73 Å². The third-order valence-corrected chi connectivity index (χ3v) is 3.02. The number of amides is 1. The van der Waals surface area contributed by atoms with E-state index in [1.807, 2.05) is 11.8 Å². The lowest BCUT2D eigenvalue weighted by molar-refractivity contribution is -0.385. The van der Waals surface area contributed by atoms with Crippen LogP contribution in [0.2, 0.25) is 0 Å². The first-order chi connectivity index (χ1) is 9.64. The Bertz CT molecular complexity index is 538. The van der Waals surface area contributed by atoms with Gasteiger partial charge in [0, 0.05) is 30.3 Å². The molecule has 3 N–H and O–H groups in total. The summed E-state index contributed by atoms with van der Waals surface area (Å²) in [6.45, 7) is 6.61. The quantitative estimate of drug-likeness (QED) is 0.581. The maximum atomic E-state index is 11.1. The fourth-order valence-electron chi connectivity index (χ4n) is 2.09. The van der Waals surface area contributed by atoms with E-state index in [0.29, 0.717) is 25.2 Å². The Morgan fingerprint density at radius 1 is 1.48 bits per heavy atom. The highest BCUT2D eigenvalue weighted by Crippen LogP contribution is 2.22. The van der Waals surface area contributed by atoms with E-state index in [4.69, 9.17) is 5.73 Å². The predicted octanol–water partition coefficient (Wildman–Crippen LogP) is 1.29. The van der Waals surface area contributed by atoms with Crippen molar-refractivity contribution in [3.8, 4) is 0 Å². The zero-order chi connectivity index (χ0) is 16.2. The molecule has 1 aromatic rings. The topological polar surface area (TPSA) is 110 Å². The van der Waals surface area contributed by atoms with Gasteiger partial charge < -0.3 is 10.8 Å². The minimum Gasteiger partial charge on any atom is -0.389 e. The third kappa shape index (κ3) is 5.13. The van der Waals surface area contributed by atoms with E-state index in [1.54, 1.807) is 13.8 Å². The van der Waals surface area contributed by atoms with Crippen molar-refractivity contribution in [1.82, 2.24) is 4.90 Å². The van der Waals surface area contributed by atoms with E-state index in [9.17, 15) is 20.0 Å². The summed E-state index contributed by atoms with van der Waals surface area (Å²) in [6, 6.07) is 4.20. The molecule has 0 atom stereocenters. The summed E-state index contributed by atoms with van der Waals surface area (Å²) in [7, 11) is 0. The standard InChI is InChI=1S/C14H21N3O4/c1-4-16(9-14(2,3)19)8-11-6-5-10(13(15)18)7-12(11)17(20)21/h5-7,19H,4,8-9H2,1-3H3,(H2,15,18). The number of nitrogens with zero attached hydrogens (tertiary/aromatic N) is 2. The zero-order valence-corrected chi connectivity index (χ0v) is 12.5. The van der Waals surface area contributed by atoms with Crippen molar-refractivity contribution in [2.75, 3.05) is 13.1 Å². The molecule has 0 aliphatic carbocycles. The lowest BCUT2D eigenvalue weighted by Crippen LogP contribution is -2.38. The van der Waals surface area contributed by atoms with Crippen molar-refractivity contribution < 1.29 is 14.8 Å². The molecule has 0 radical (unpaired) electrons. The molecule has 0 aliphatic heterocycles. The molecule has 21 heavy (non-hydrogen) atoms. The van der Waals surface area contributed by atoms with Crippen LogP contribution in [0.1, 0.15) is 36.7 Å². The van der Waals surface area contributed by atoms with Crippen LogP contribution in [-0.4, -0.2) is 39.5 Å². The van der Waals surface area contributed by atoms with E-state index < -0.39 is 16.4 Å². The Morgan fingerprint density at radius 2 is 2.10 bits per heavy atom. The van der Waals surface area contributed by atoms with Gasteiger partial charge in [-0.05, 0) is 26.5 Å². The van der Waals surface area contributed by atoms with Crippen molar-refractivity contribution >= 4 is 11.6 Å². The number of rotatable bonds is 7. The number of benzene rings is 1. The van der Waals surface area contributed by atoms with Gasteiger partial charge in [-0.2, -0.15) is 0 Å². The number of aliphatic hydroxyl groups is 1.